The van der Waals surface area contributed by atoms with Gasteiger partial charge in [0.25, 0.3) is 0 Å². The van der Waals surface area contributed by atoms with Crippen molar-refractivity contribution in [1.29, 1.82) is 0 Å². The van der Waals surface area contributed by atoms with E-state index in [1.807, 2.05) is 0 Å². The van der Waals surface area contributed by atoms with E-state index < -0.39 is 6.10 Å². The highest BCUT2D eigenvalue weighted by molar-refractivity contribution is 5.71. The summed E-state index contributed by atoms with van der Waals surface area (Å²) in [5, 5.41) is 0. The summed E-state index contributed by atoms with van der Waals surface area (Å²) in [5.41, 5.74) is 0. The molecule has 0 aliphatic carbocycles. The summed E-state index contributed by atoms with van der Waals surface area (Å²) >= 11 is 0. The Morgan fingerprint density at radius 3 is 0.983 bits per heavy atom. The van der Waals surface area contributed by atoms with Gasteiger partial charge in [0.1, 0.15) is 13.2 Å². The standard InChI is InChI=1S/C52H100O6/c1-6-8-9-10-11-12-13-14-17-20-23-26-32-37-42-50(53)56-45-49(58-52(55)44-39-34-29-28-31-36-41-48(5)7-2)46-57-51(54)43-38-33-27-24-21-18-15-16-19-22-25-30-35-40-47(3)4/h47-49H,6-46H2,1-5H3/t48?,49-/m1/s1. The maximum atomic E-state index is 12.7. The van der Waals surface area contributed by atoms with Crippen molar-refractivity contribution in [3.05, 3.63) is 0 Å². The van der Waals surface area contributed by atoms with Crippen LogP contribution < -0.4 is 0 Å². The largest absolute Gasteiger partial charge is 0.462 e. The first kappa shape index (κ1) is 56.4. The summed E-state index contributed by atoms with van der Waals surface area (Å²) in [7, 11) is 0. The minimum atomic E-state index is -0.762. The van der Waals surface area contributed by atoms with Crippen LogP contribution in [0.2, 0.25) is 0 Å². The smallest absolute Gasteiger partial charge is 0.306 e. The SMILES string of the molecule is CCCCCCCCCCCCCCCCC(=O)OC[C@H](COC(=O)CCCCCCCCCCCCCCCC(C)C)OC(=O)CCCCCCCCC(C)CC. The lowest BCUT2D eigenvalue weighted by Crippen LogP contribution is -2.30. The van der Waals surface area contributed by atoms with E-state index in [-0.39, 0.29) is 31.1 Å². The van der Waals surface area contributed by atoms with Gasteiger partial charge < -0.3 is 14.2 Å². The Labute approximate surface area is 361 Å². The molecule has 1 unspecified atom stereocenters. The third-order valence-electron chi connectivity index (χ3n) is 12.1. The van der Waals surface area contributed by atoms with Crippen molar-refractivity contribution in [2.24, 2.45) is 11.8 Å². The first-order valence-electron chi connectivity index (χ1n) is 25.8. The van der Waals surface area contributed by atoms with Crippen molar-refractivity contribution < 1.29 is 28.6 Å². The minimum Gasteiger partial charge on any atom is -0.462 e. The predicted molar refractivity (Wildman–Crippen MR) is 247 cm³/mol. The Kier molecular flexibility index (Phi) is 43.7. The molecule has 0 heterocycles. The molecule has 0 spiro atoms. The van der Waals surface area contributed by atoms with E-state index in [2.05, 4.69) is 34.6 Å². The third-order valence-corrected chi connectivity index (χ3v) is 12.1. The fourth-order valence-corrected chi connectivity index (χ4v) is 7.78. The molecule has 0 rings (SSSR count). The highest BCUT2D eigenvalue weighted by Crippen LogP contribution is 2.18. The molecule has 0 saturated heterocycles. The first-order valence-corrected chi connectivity index (χ1v) is 25.8. The van der Waals surface area contributed by atoms with Crippen molar-refractivity contribution >= 4 is 17.9 Å². The molecule has 0 N–H and O–H groups in total. The second kappa shape index (κ2) is 44.9. The van der Waals surface area contributed by atoms with Gasteiger partial charge in [0.2, 0.25) is 0 Å². The summed E-state index contributed by atoms with van der Waals surface area (Å²) in [5.74, 6) is 0.798. The van der Waals surface area contributed by atoms with Crippen molar-refractivity contribution in [1.82, 2.24) is 0 Å². The van der Waals surface area contributed by atoms with Crippen LogP contribution in [-0.4, -0.2) is 37.2 Å². The van der Waals surface area contributed by atoms with Crippen LogP contribution in [0.3, 0.4) is 0 Å². The van der Waals surface area contributed by atoms with E-state index in [4.69, 9.17) is 14.2 Å². The molecule has 2 atom stereocenters. The molecule has 0 aromatic carbocycles. The molecule has 0 fully saturated rings. The normalized spacial score (nSPS) is 12.5. The van der Waals surface area contributed by atoms with Crippen molar-refractivity contribution in [2.45, 2.75) is 291 Å². The first-order chi connectivity index (χ1) is 28.3. The van der Waals surface area contributed by atoms with Gasteiger partial charge in [-0.2, -0.15) is 0 Å². The second-order valence-electron chi connectivity index (χ2n) is 18.5. The van der Waals surface area contributed by atoms with Crippen molar-refractivity contribution in [2.75, 3.05) is 13.2 Å². The number of esters is 3. The quantitative estimate of drug-likeness (QED) is 0.0346. The molecule has 0 aromatic heterocycles. The number of carbonyl (C=O) groups is 3. The highest BCUT2D eigenvalue weighted by Gasteiger charge is 2.19. The van der Waals surface area contributed by atoms with Crippen LogP contribution in [0.25, 0.3) is 0 Å². The molecular weight excluding hydrogens is 721 g/mol. The van der Waals surface area contributed by atoms with Gasteiger partial charge in [0.05, 0.1) is 0 Å². The fraction of sp³-hybridized carbons (Fsp3) is 0.942. The Hall–Kier alpha value is -1.59. The molecule has 0 saturated carbocycles. The third kappa shape index (κ3) is 44.0. The van der Waals surface area contributed by atoms with Gasteiger partial charge in [-0.25, -0.2) is 0 Å². The van der Waals surface area contributed by atoms with Crippen LogP contribution in [0.1, 0.15) is 285 Å². The maximum absolute atomic E-state index is 12.7. The van der Waals surface area contributed by atoms with Crippen LogP contribution >= 0.6 is 0 Å². The van der Waals surface area contributed by atoms with Gasteiger partial charge in [0, 0.05) is 19.3 Å². The van der Waals surface area contributed by atoms with E-state index in [0.29, 0.717) is 19.3 Å². The lowest BCUT2D eigenvalue weighted by atomic mass is 10.00. The van der Waals surface area contributed by atoms with Gasteiger partial charge in [-0.05, 0) is 31.1 Å². The molecular formula is C52H100O6. The molecule has 0 amide bonds. The predicted octanol–water partition coefficient (Wildman–Crippen LogP) is 16.5. The van der Waals surface area contributed by atoms with Crippen LogP contribution in [0.5, 0.6) is 0 Å². The number of carbonyl (C=O) groups excluding carboxylic acids is 3. The second-order valence-corrected chi connectivity index (χ2v) is 18.5. The van der Waals surface area contributed by atoms with Crippen molar-refractivity contribution in [3.8, 4) is 0 Å². The summed E-state index contributed by atoms with van der Waals surface area (Å²) in [6.45, 7) is 11.4. The minimum absolute atomic E-state index is 0.0645. The Balaban J connectivity index is 4.28. The maximum Gasteiger partial charge on any atom is 0.306 e. The lowest BCUT2D eigenvalue weighted by molar-refractivity contribution is -0.167. The van der Waals surface area contributed by atoms with Gasteiger partial charge in [-0.15, -0.1) is 0 Å². The number of unbranched alkanes of at least 4 members (excludes halogenated alkanes) is 30. The van der Waals surface area contributed by atoms with Gasteiger partial charge >= 0.3 is 17.9 Å². The van der Waals surface area contributed by atoms with Crippen LogP contribution in [-0.2, 0) is 28.6 Å². The Morgan fingerprint density at radius 1 is 0.362 bits per heavy atom. The van der Waals surface area contributed by atoms with Crippen LogP contribution in [0.15, 0.2) is 0 Å². The topological polar surface area (TPSA) is 78.9 Å². The fourth-order valence-electron chi connectivity index (χ4n) is 7.78. The number of rotatable bonds is 46. The average Bonchev–Trinajstić information content (AvgIpc) is 3.21. The van der Waals surface area contributed by atoms with E-state index >= 15 is 0 Å². The van der Waals surface area contributed by atoms with E-state index in [1.165, 1.54) is 173 Å². The summed E-state index contributed by atoms with van der Waals surface area (Å²) in [4.78, 5) is 37.9. The van der Waals surface area contributed by atoms with Gasteiger partial charge in [-0.3, -0.25) is 14.4 Å². The number of hydrogen-bond donors (Lipinski definition) is 0. The molecule has 6 nitrogen and oxygen atoms in total. The molecule has 0 aliphatic heterocycles. The zero-order valence-corrected chi connectivity index (χ0v) is 39.7. The molecule has 0 aromatic rings. The molecule has 58 heavy (non-hydrogen) atoms. The highest BCUT2D eigenvalue weighted by atomic mass is 16.6. The van der Waals surface area contributed by atoms with E-state index in [0.717, 1.165) is 69.6 Å². The zero-order chi connectivity index (χ0) is 42.6. The zero-order valence-electron chi connectivity index (χ0n) is 39.7. The van der Waals surface area contributed by atoms with Crippen molar-refractivity contribution in [3.63, 3.8) is 0 Å². The van der Waals surface area contributed by atoms with Gasteiger partial charge in [-0.1, -0.05) is 247 Å². The average molecular weight is 821 g/mol. The van der Waals surface area contributed by atoms with Crippen LogP contribution in [0.4, 0.5) is 0 Å². The van der Waals surface area contributed by atoms with Crippen LogP contribution in [0, 0.1) is 11.8 Å². The molecule has 344 valence electrons. The summed E-state index contributed by atoms with van der Waals surface area (Å²) < 4.78 is 16.8. The number of hydrogen-bond acceptors (Lipinski definition) is 6. The molecule has 0 bridgehead atoms. The van der Waals surface area contributed by atoms with E-state index in [9.17, 15) is 14.4 Å². The monoisotopic (exact) mass is 821 g/mol. The van der Waals surface area contributed by atoms with E-state index in [1.54, 1.807) is 0 Å². The number of ether oxygens (including phenoxy) is 3. The Morgan fingerprint density at radius 2 is 0.655 bits per heavy atom. The molecule has 6 heteroatoms. The Bertz CT molecular complexity index is 887. The lowest BCUT2D eigenvalue weighted by Gasteiger charge is -2.18. The summed E-state index contributed by atoms with van der Waals surface area (Å²) in [6.07, 6.45) is 45.2. The summed E-state index contributed by atoms with van der Waals surface area (Å²) in [6, 6.07) is 0. The molecule has 0 aliphatic rings. The molecule has 0 radical (unpaired) electrons. The van der Waals surface area contributed by atoms with Gasteiger partial charge in [0.15, 0.2) is 6.10 Å².